The molecule has 3 nitrogen and oxygen atoms in total. The molecule has 0 radical (unpaired) electrons. The van der Waals surface area contributed by atoms with E-state index >= 15 is 0 Å². The van der Waals surface area contributed by atoms with Gasteiger partial charge < -0.3 is 10.8 Å². The zero-order valence-corrected chi connectivity index (χ0v) is 18.5. The lowest BCUT2D eigenvalue weighted by atomic mass is 9.44. The molecule has 0 heterocycles. The van der Waals surface area contributed by atoms with Gasteiger partial charge in [-0.1, -0.05) is 20.8 Å². The third-order valence-electron chi connectivity index (χ3n) is 10.5. The molecule has 4 fully saturated rings. The maximum atomic E-state index is 11.1. The van der Waals surface area contributed by atoms with Gasteiger partial charge in [0.15, 0.2) is 0 Å². The maximum absolute atomic E-state index is 11.1. The van der Waals surface area contributed by atoms with Crippen molar-refractivity contribution in [3.8, 4) is 0 Å². The van der Waals surface area contributed by atoms with Crippen molar-refractivity contribution in [2.75, 3.05) is 0 Å². The third kappa shape index (κ3) is 3.34. The summed E-state index contributed by atoms with van der Waals surface area (Å²) in [5.41, 5.74) is 6.34. The summed E-state index contributed by atoms with van der Waals surface area (Å²) in [7, 11) is 0. The van der Waals surface area contributed by atoms with Crippen LogP contribution in [0.4, 0.5) is 0 Å². The summed E-state index contributed by atoms with van der Waals surface area (Å²) in [6.07, 6.45) is 14.3. The molecule has 0 aliphatic heterocycles. The number of aliphatic hydroxyl groups is 1. The van der Waals surface area contributed by atoms with Gasteiger partial charge in [-0.2, -0.15) is 0 Å². The molecule has 3 N–H and O–H groups in total. The Morgan fingerprint density at radius 1 is 1.04 bits per heavy atom. The molecule has 4 aliphatic rings. The van der Waals surface area contributed by atoms with Crippen LogP contribution in [0.1, 0.15) is 97.8 Å². The zero-order chi connectivity index (χ0) is 20.1. The molecular formula is C25H43NO2. The molecule has 0 aromatic carbocycles. The number of fused-ring (bicyclic) bond motifs is 5. The molecule has 9 atom stereocenters. The Kier molecular flexibility index (Phi) is 5.61. The van der Waals surface area contributed by atoms with E-state index in [9.17, 15) is 9.90 Å². The molecule has 0 bridgehead atoms. The van der Waals surface area contributed by atoms with Crippen LogP contribution in [0.15, 0.2) is 0 Å². The van der Waals surface area contributed by atoms with Crippen molar-refractivity contribution in [2.24, 2.45) is 52.1 Å². The average Bonchev–Trinajstić information content (AvgIpc) is 2.99. The SMILES string of the molecule is C[C@H](CCCC(N)=O)[C@@H]1CC[C@@H]2[C@@H]3CC[C@@H]4C[C@H](O)CC[C@]4(C)[C@H]3CC[C@]21C. The lowest BCUT2D eigenvalue weighted by Gasteiger charge is -2.61. The third-order valence-corrected chi connectivity index (χ3v) is 10.5. The van der Waals surface area contributed by atoms with Crippen LogP contribution in [0.3, 0.4) is 0 Å². The molecule has 0 unspecified atom stereocenters. The Labute approximate surface area is 172 Å². The summed E-state index contributed by atoms with van der Waals surface area (Å²) >= 11 is 0. The van der Waals surface area contributed by atoms with Crippen LogP contribution in [0.25, 0.3) is 0 Å². The summed E-state index contributed by atoms with van der Waals surface area (Å²) in [4.78, 5) is 11.1. The van der Waals surface area contributed by atoms with Gasteiger partial charge in [0, 0.05) is 6.42 Å². The van der Waals surface area contributed by atoms with Crippen molar-refractivity contribution in [2.45, 2.75) is 104 Å². The number of amides is 1. The van der Waals surface area contributed by atoms with E-state index in [-0.39, 0.29) is 12.0 Å². The van der Waals surface area contributed by atoms with Crippen LogP contribution in [-0.4, -0.2) is 17.1 Å². The Hall–Kier alpha value is -0.570. The molecule has 4 rings (SSSR count). The number of rotatable bonds is 5. The fourth-order valence-electron chi connectivity index (χ4n) is 9.01. The van der Waals surface area contributed by atoms with Gasteiger partial charge in [-0.25, -0.2) is 0 Å². The molecule has 0 saturated heterocycles. The van der Waals surface area contributed by atoms with Crippen molar-refractivity contribution >= 4 is 5.91 Å². The maximum Gasteiger partial charge on any atom is 0.217 e. The van der Waals surface area contributed by atoms with Gasteiger partial charge in [-0.3, -0.25) is 4.79 Å². The van der Waals surface area contributed by atoms with Crippen molar-refractivity contribution in [1.82, 2.24) is 0 Å². The number of aliphatic hydroxyl groups excluding tert-OH is 1. The molecule has 0 aromatic heterocycles. The van der Waals surface area contributed by atoms with E-state index in [1.807, 2.05) is 0 Å². The molecule has 3 heteroatoms. The number of carbonyl (C=O) groups is 1. The van der Waals surface area contributed by atoms with Crippen LogP contribution in [0, 0.1) is 46.3 Å². The Bertz CT molecular complexity index is 591. The van der Waals surface area contributed by atoms with Gasteiger partial charge >= 0.3 is 0 Å². The summed E-state index contributed by atoms with van der Waals surface area (Å²) in [6, 6.07) is 0. The minimum atomic E-state index is -0.147. The van der Waals surface area contributed by atoms with E-state index in [2.05, 4.69) is 20.8 Å². The smallest absolute Gasteiger partial charge is 0.217 e. The fraction of sp³-hybridized carbons (Fsp3) is 0.960. The highest BCUT2D eigenvalue weighted by Crippen LogP contribution is 2.68. The molecular weight excluding hydrogens is 346 g/mol. The number of hydrogen-bond acceptors (Lipinski definition) is 2. The minimum absolute atomic E-state index is 0.0411. The van der Waals surface area contributed by atoms with Gasteiger partial charge in [0.25, 0.3) is 0 Å². The number of nitrogens with two attached hydrogens (primary N) is 1. The highest BCUT2D eigenvalue weighted by molar-refractivity contribution is 5.73. The van der Waals surface area contributed by atoms with Crippen LogP contribution in [0.2, 0.25) is 0 Å². The van der Waals surface area contributed by atoms with Crippen LogP contribution >= 0.6 is 0 Å². The molecule has 160 valence electrons. The molecule has 1 amide bonds. The van der Waals surface area contributed by atoms with Crippen LogP contribution in [-0.2, 0) is 4.79 Å². The Morgan fingerprint density at radius 3 is 2.50 bits per heavy atom. The Balaban J connectivity index is 1.47. The van der Waals surface area contributed by atoms with Gasteiger partial charge in [0.2, 0.25) is 5.91 Å². The van der Waals surface area contributed by atoms with E-state index in [1.54, 1.807) is 0 Å². The van der Waals surface area contributed by atoms with E-state index < -0.39 is 0 Å². The van der Waals surface area contributed by atoms with Crippen molar-refractivity contribution in [1.29, 1.82) is 0 Å². The second kappa shape index (κ2) is 7.60. The Morgan fingerprint density at radius 2 is 1.75 bits per heavy atom. The largest absolute Gasteiger partial charge is 0.393 e. The lowest BCUT2D eigenvalue weighted by molar-refractivity contribution is -0.129. The topological polar surface area (TPSA) is 63.3 Å². The fourth-order valence-corrected chi connectivity index (χ4v) is 9.01. The first-order valence-corrected chi connectivity index (χ1v) is 12.2. The first-order chi connectivity index (χ1) is 13.3. The first-order valence-electron chi connectivity index (χ1n) is 12.2. The van der Waals surface area contributed by atoms with Gasteiger partial charge in [0.1, 0.15) is 0 Å². The molecule has 0 aromatic rings. The molecule has 4 aliphatic carbocycles. The van der Waals surface area contributed by atoms with E-state index in [1.165, 1.54) is 44.9 Å². The summed E-state index contributed by atoms with van der Waals surface area (Å²) < 4.78 is 0. The monoisotopic (exact) mass is 389 g/mol. The number of hydrogen-bond donors (Lipinski definition) is 2. The van der Waals surface area contributed by atoms with Crippen molar-refractivity contribution in [3.63, 3.8) is 0 Å². The average molecular weight is 390 g/mol. The summed E-state index contributed by atoms with van der Waals surface area (Å²) in [5.74, 6) is 4.85. The minimum Gasteiger partial charge on any atom is -0.393 e. The predicted octanol–water partition coefficient (Wildman–Crippen LogP) is 5.30. The molecule has 28 heavy (non-hydrogen) atoms. The highest BCUT2D eigenvalue weighted by atomic mass is 16.3. The van der Waals surface area contributed by atoms with Gasteiger partial charge in [-0.15, -0.1) is 0 Å². The highest BCUT2D eigenvalue weighted by Gasteiger charge is 2.60. The normalized spacial score (nSPS) is 49.0. The van der Waals surface area contributed by atoms with Crippen LogP contribution in [0.5, 0.6) is 0 Å². The number of primary amides is 1. The van der Waals surface area contributed by atoms with E-state index in [4.69, 9.17) is 5.73 Å². The zero-order valence-electron chi connectivity index (χ0n) is 18.5. The van der Waals surface area contributed by atoms with Crippen LogP contribution < -0.4 is 5.73 Å². The molecule has 0 spiro atoms. The second-order valence-electron chi connectivity index (χ2n) is 11.6. The van der Waals surface area contributed by atoms with Crippen molar-refractivity contribution in [3.05, 3.63) is 0 Å². The summed E-state index contributed by atoms with van der Waals surface area (Å²) in [6.45, 7) is 7.64. The van der Waals surface area contributed by atoms with Gasteiger partial charge in [0.05, 0.1) is 6.10 Å². The first kappa shape index (κ1) is 20.7. The molecule has 4 saturated carbocycles. The lowest BCUT2D eigenvalue weighted by Crippen LogP contribution is -2.54. The standard InChI is InChI=1S/C25H43NO2/c1-16(5-4-6-23(26)28)20-9-10-21-19-8-7-17-15-18(27)11-13-24(17,2)22(19)12-14-25(20,21)3/h16-22,27H,4-15H2,1-3H3,(H2,26,28)/t16-,17-,18-,19+,20+,21-,22+,24+,25+/m1/s1. The van der Waals surface area contributed by atoms with E-state index in [0.717, 1.165) is 55.3 Å². The number of carbonyl (C=O) groups excluding carboxylic acids is 1. The predicted molar refractivity (Wildman–Crippen MR) is 113 cm³/mol. The van der Waals surface area contributed by atoms with Gasteiger partial charge in [-0.05, 0) is 117 Å². The van der Waals surface area contributed by atoms with E-state index in [0.29, 0.717) is 23.2 Å². The quantitative estimate of drug-likeness (QED) is 0.670. The van der Waals surface area contributed by atoms with Crippen molar-refractivity contribution < 1.29 is 9.90 Å². The second-order valence-corrected chi connectivity index (χ2v) is 11.6. The summed E-state index contributed by atoms with van der Waals surface area (Å²) in [5, 5.41) is 10.2.